The molecule has 0 bridgehead atoms. The third kappa shape index (κ3) is 2.46. The van der Waals surface area contributed by atoms with Crippen LogP contribution in [-0.2, 0) is 10.0 Å². The van der Waals surface area contributed by atoms with E-state index in [-0.39, 0.29) is 18.0 Å². The predicted octanol–water partition coefficient (Wildman–Crippen LogP) is 0.108. The van der Waals surface area contributed by atoms with Gasteiger partial charge in [-0.05, 0) is 25.1 Å². The van der Waals surface area contributed by atoms with Gasteiger partial charge in [0, 0.05) is 13.1 Å². The molecular formula is C10H14N4O2S. The maximum atomic E-state index is 11.8. The Balaban J connectivity index is 2.42. The van der Waals surface area contributed by atoms with Crippen molar-refractivity contribution in [3.8, 4) is 0 Å². The molecule has 0 saturated heterocycles. The molecule has 0 unspecified atom stereocenters. The number of aromatic amines is 1. The Labute approximate surface area is 99.3 Å². The van der Waals surface area contributed by atoms with E-state index in [0.717, 1.165) is 11.3 Å². The van der Waals surface area contributed by atoms with Crippen LogP contribution in [0.3, 0.4) is 0 Å². The van der Waals surface area contributed by atoms with Crippen molar-refractivity contribution >= 4 is 21.1 Å². The van der Waals surface area contributed by atoms with Crippen LogP contribution in [0.15, 0.2) is 23.1 Å². The van der Waals surface area contributed by atoms with E-state index in [2.05, 4.69) is 14.7 Å². The van der Waals surface area contributed by atoms with Crippen LogP contribution in [0.4, 0.5) is 0 Å². The molecule has 2 aromatic rings. The van der Waals surface area contributed by atoms with Crippen molar-refractivity contribution in [3.63, 3.8) is 0 Å². The summed E-state index contributed by atoms with van der Waals surface area (Å²) < 4.78 is 26.1. The summed E-state index contributed by atoms with van der Waals surface area (Å²) in [4.78, 5) is 7.42. The zero-order valence-electron chi connectivity index (χ0n) is 9.40. The number of fused-ring (bicyclic) bond motifs is 1. The summed E-state index contributed by atoms with van der Waals surface area (Å²) in [6.45, 7) is 2.31. The number of hydrogen-bond donors (Lipinski definition) is 3. The fraction of sp³-hybridized carbons (Fsp3) is 0.300. The summed E-state index contributed by atoms with van der Waals surface area (Å²) in [6, 6.07) is 4.77. The second-order valence-corrected chi connectivity index (χ2v) is 5.45. The Morgan fingerprint density at radius 3 is 2.94 bits per heavy atom. The maximum absolute atomic E-state index is 11.8. The maximum Gasteiger partial charge on any atom is 0.240 e. The number of sulfonamides is 1. The Morgan fingerprint density at radius 1 is 1.47 bits per heavy atom. The van der Waals surface area contributed by atoms with Gasteiger partial charge in [0.25, 0.3) is 0 Å². The fourth-order valence-corrected chi connectivity index (χ4v) is 2.63. The van der Waals surface area contributed by atoms with Crippen LogP contribution in [0.1, 0.15) is 5.82 Å². The average molecular weight is 254 g/mol. The monoisotopic (exact) mass is 254 g/mol. The molecule has 0 spiro atoms. The van der Waals surface area contributed by atoms with Gasteiger partial charge in [0.05, 0.1) is 15.9 Å². The van der Waals surface area contributed by atoms with Crippen molar-refractivity contribution in [1.82, 2.24) is 14.7 Å². The van der Waals surface area contributed by atoms with Crippen LogP contribution < -0.4 is 10.5 Å². The lowest BCUT2D eigenvalue weighted by Gasteiger charge is -2.04. The van der Waals surface area contributed by atoms with Crippen molar-refractivity contribution in [2.75, 3.05) is 13.1 Å². The molecule has 1 heterocycles. The van der Waals surface area contributed by atoms with Gasteiger partial charge in [-0.25, -0.2) is 18.1 Å². The number of aromatic nitrogens is 2. The van der Waals surface area contributed by atoms with Gasteiger partial charge in [-0.1, -0.05) is 0 Å². The minimum atomic E-state index is -3.48. The van der Waals surface area contributed by atoms with Gasteiger partial charge >= 0.3 is 0 Å². The first-order valence-corrected chi connectivity index (χ1v) is 6.67. The first kappa shape index (κ1) is 12.0. The van der Waals surface area contributed by atoms with Crippen LogP contribution in [0.2, 0.25) is 0 Å². The number of benzene rings is 1. The molecule has 0 fully saturated rings. The molecule has 0 aliphatic carbocycles. The van der Waals surface area contributed by atoms with E-state index < -0.39 is 10.0 Å². The normalized spacial score (nSPS) is 12.1. The molecule has 2 rings (SSSR count). The molecule has 0 amide bonds. The van der Waals surface area contributed by atoms with Crippen LogP contribution in [-0.4, -0.2) is 31.5 Å². The lowest BCUT2D eigenvalue weighted by Crippen LogP contribution is -2.29. The number of H-pyrrole nitrogens is 1. The number of nitrogens with zero attached hydrogens (tertiary/aromatic N) is 1. The molecule has 6 nitrogen and oxygen atoms in total. The highest BCUT2D eigenvalue weighted by Crippen LogP contribution is 2.16. The second-order valence-electron chi connectivity index (χ2n) is 3.69. The van der Waals surface area contributed by atoms with Crippen LogP contribution >= 0.6 is 0 Å². The number of nitrogens with one attached hydrogen (secondary N) is 2. The van der Waals surface area contributed by atoms with Crippen molar-refractivity contribution in [2.24, 2.45) is 5.73 Å². The molecule has 17 heavy (non-hydrogen) atoms. The highest BCUT2D eigenvalue weighted by atomic mass is 32.2. The van der Waals surface area contributed by atoms with Crippen molar-refractivity contribution in [1.29, 1.82) is 0 Å². The van der Waals surface area contributed by atoms with E-state index in [9.17, 15) is 8.42 Å². The molecule has 0 aliphatic rings. The molecule has 1 aromatic heterocycles. The first-order chi connectivity index (χ1) is 8.03. The molecule has 1 aromatic carbocycles. The summed E-state index contributed by atoms with van der Waals surface area (Å²) in [5.74, 6) is 0.754. The van der Waals surface area contributed by atoms with Gasteiger partial charge in [-0.2, -0.15) is 0 Å². The smallest absolute Gasteiger partial charge is 0.240 e. The largest absolute Gasteiger partial charge is 0.342 e. The summed E-state index contributed by atoms with van der Waals surface area (Å²) in [5.41, 5.74) is 6.72. The van der Waals surface area contributed by atoms with E-state index in [1.54, 1.807) is 12.1 Å². The van der Waals surface area contributed by atoms with Gasteiger partial charge < -0.3 is 10.7 Å². The van der Waals surface area contributed by atoms with Gasteiger partial charge in [0.1, 0.15) is 5.82 Å². The van der Waals surface area contributed by atoms with Crippen molar-refractivity contribution in [3.05, 3.63) is 24.0 Å². The van der Waals surface area contributed by atoms with E-state index in [0.29, 0.717) is 5.52 Å². The minimum Gasteiger partial charge on any atom is -0.342 e. The predicted molar refractivity (Wildman–Crippen MR) is 65.1 cm³/mol. The van der Waals surface area contributed by atoms with E-state index in [4.69, 9.17) is 5.73 Å². The summed E-state index contributed by atoms with van der Waals surface area (Å²) in [7, 11) is -3.48. The van der Waals surface area contributed by atoms with Gasteiger partial charge in [-0.3, -0.25) is 0 Å². The number of nitrogens with two attached hydrogens (primary N) is 1. The average Bonchev–Trinajstić information content (AvgIpc) is 2.65. The fourth-order valence-electron chi connectivity index (χ4n) is 1.56. The van der Waals surface area contributed by atoms with Crippen molar-refractivity contribution < 1.29 is 8.42 Å². The zero-order valence-corrected chi connectivity index (χ0v) is 10.2. The molecule has 4 N–H and O–H groups in total. The van der Waals surface area contributed by atoms with Crippen LogP contribution in [0.25, 0.3) is 11.0 Å². The molecule has 0 aliphatic heterocycles. The van der Waals surface area contributed by atoms with Crippen LogP contribution in [0.5, 0.6) is 0 Å². The number of aryl methyl sites for hydroxylation is 1. The van der Waals surface area contributed by atoms with Gasteiger partial charge in [0.15, 0.2) is 0 Å². The van der Waals surface area contributed by atoms with E-state index in [1.165, 1.54) is 6.07 Å². The molecule has 0 atom stereocenters. The third-order valence-electron chi connectivity index (χ3n) is 2.32. The third-order valence-corrected chi connectivity index (χ3v) is 3.78. The Morgan fingerprint density at radius 2 is 2.24 bits per heavy atom. The van der Waals surface area contributed by atoms with E-state index >= 15 is 0 Å². The summed E-state index contributed by atoms with van der Waals surface area (Å²) >= 11 is 0. The number of rotatable bonds is 4. The standard InChI is InChI=1S/C10H14N4O2S/c1-7-13-9-3-2-8(6-10(9)14-7)17(15,16)12-5-4-11/h2-3,6,12H,4-5,11H2,1H3,(H,13,14). The Hall–Kier alpha value is -1.44. The molecule has 0 radical (unpaired) electrons. The quantitative estimate of drug-likeness (QED) is 0.720. The Bertz CT molecular complexity index is 633. The molecular weight excluding hydrogens is 240 g/mol. The van der Waals surface area contributed by atoms with E-state index in [1.807, 2.05) is 6.92 Å². The SMILES string of the molecule is Cc1nc2ccc(S(=O)(=O)NCCN)cc2[nH]1. The van der Waals surface area contributed by atoms with Gasteiger partial charge in [-0.15, -0.1) is 0 Å². The lowest BCUT2D eigenvalue weighted by atomic mass is 10.3. The summed E-state index contributed by atoms with van der Waals surface area (Å²) in [5, 5.41) is 0. The van der Waals surface area contributed by atoms with Gasteiger partial charge in [0.2, 0.25) is 10.0 Å². The lowest BCUT2D eigenvalue weighted by molar-refractivity contribution is 0.582. The summed E-state index contributed by atoms with van der Waals surface area (Å²) in [6.07, 6.45) is 0. The molecule has 0 saturated carbocycles. The molecule has 92 valence electrons. The minimum absolute atomic E-state index is 0.210. The Kier molecular flexibility index (Phi) is 3.14. The number of hydrogen-bond acceptors (Lipinski definition) is 4. The molecule has 7 heteroatoms. The van der Waals surface area contributed by atoms with Crippen LogP contribution in [0, 0.1) is 6.92 Å². The second kappa shape index (κ2) is 4.44. The first-order valence-electron chi connectivity index (χ1n) is 5.19. The highest BCUT2D eigenvalue weighted by Gasteiger charge is 2.14. The number of imidazole rings is 1. The topological polar surface area (TPSA) is 101 Å². The highest BCUT2D eigenvalue weighted by molar-refractivity contribution is 7.89. The zero-order chi connectivity index (χ0) is 12.5. The van der Waals surface area contributed by atoms with Crippen molar-refractivity contribution in [2.45, 2.75) is 11.8 Å².